The lowest BCUT2D eigenvalue weighted by Crippen LogP contribution is -2.55. The Hall–Kier alpha value is -2.45. The average Bonchev–Trinajstić information content (AvgIpc) is 2.72. The van der Waals surface area contributed by atoms with E-state index in [1.54, 1.807) is 13.2 Å². The fourth-order valence-electron chi connectivity index (χ4n) is 3.38. The molecule has 1 aromatic carbocycles. The molecule has 1 aromatic rings. The predicted molar refractivity (Wildman–Crippen MR) is 111 cm³/mol. The minimum Gasteiger partial charge on any atom is -0.496 e. The van der Waals surface area contributed by atoms with Crippen LogP contribution in [0.1, 0.15) is 19.4 Å². The fraction of sp³-hybridized carbons (Fsp3) is 0.450. The molecular formula is C20H25N3O4S. The number of carbonyl (C=O) groups is 2. The van der Waals surface area contributed by atoms with Gasteiger partial charge in [-0.05, 0) is 44.3 Å². The van der Waals surface area contributed by atoms with E-state index in [9.17, 15) is 9.59 Å². The maximum atomic E-state index is 12.8. The van der Waals surface area contributed by atoms with E-state index in [-0.39, 0.29) is 22.5 Å². The molecule has 2 aliphatic rings. The number of amides is 2. The van der Waals surface area contributed by atoms with Gasteiger partial charge in [0, 0.05) is 43.5 Å². The summed E-state index contributed by atoms with van der Waals surface area (Å²) in [6.07, 6.45) is 1.60. The molecule has 150 valence electrons. The molecule has 2 aliphatic heterocycles. The lowest BCUT2D eigenvalue weighted by Gasteiger charge is -2.35. The van der Waals surface area contributed by atoms with Crippen molar-refractivity contribution >= 4 is 40.9 Å². The normalized spacial score (nSPS) is 18.0. The quantitative estimate of drug-likeness (QED) is 0.425. The summed E-state index contributed by atoms with van der Waals surface area (Å²) in [5, 5.41) is 0.256. The van der Waals surface area contributed by atoms with Crippen molar-refractivity contribution in [1.82, 2.24) is 9.80 Å². The number of hydrogen-bond donors (Lipinski definition) is 0. The van der Waals surface area contributed by atoms with Gasteiger partial charge in [-0.25, -0.2) is 0 Å². The highest BCUT2D eigenvalue weighted by Crippen LogP contribution is 2.29. The number of benzene rings is 1. The number of methoxy groups -OCH3 is 1. The molecule has 2 heterocycles. The number of ether oxygens (including phenoxy) is 2. The van der Waals surface area contributed by atoms with Gasteiger partial charge >= 0.3 is 0 Å². The number of morpholine rings is 1. The molecule has 0 saturated carbocycles. The Kier molecular flexibility index (Phi) is 6.31. The number of rotatable bonds is 5. The van der Waals surface area contributed by atoms with Crippen LogP contribution in [0.2, 0.25) is 0 Å². The molecule has 2 amide bonds. The van der Waals surface area contributed by atoms with Crippen molar-refractivity contribution in [2.45, 2.75) is 13.8 Å². The monoisotopic (exact) mass is 403 g/mol. The van der Waals surface area contributed by atoms with E-state index < -0.39 is 0 Å². The van der Waals surface area contributed by atoms with E-state index in [0.717, 1.165) is 18.8 Å². The fourth-order valence-corrected chi connectivity index (χ4v) is 3.80. The molecule has 0 unspecified atom stereocenters. The van der Waals surface area contributed by atoms with Crippen LogP contribution in [0, 0.1) is 0 Å². The number of thiocarbonyl (C=S) groups is 1. The van der Waals surface area contributed by atoms with E-state index in [4.69, 9.17) is 21.7 Å². The van der Waals surface area contributed by atoms with Crippen molar-refractivity contribution in [3.8, 4) is 5.75 Å². The van der Waals surface area contributed by atoms with E-state index >= 15 is 0 Å². The first-order valence-electron chi connectivity index (χ1n) is 9.41. The second kappa shape index (κ2) is 8.70. The molecular weight excluding hydrogens is 378 g/mol. The highest BCUT2D eigenvalue weighted by Gasteiger charge is 2.38. The molecule has 0 aliphatic carbocycles. The maximum Gasteiger partial charge on any atom is 0.265 e. The Balaban J connectivity index is 1.97. The zero-order chi connectivity index (χ0) is 20.3. The molecule has 0 bridgehead atoms. The Bertz CT molecular complexity index is 790. The highest BCUT2D eigenvalue weighted by molar-refractivity contribution is 7.80. The van der Waals surface area contributed by atoms with Gasteiger partial charge in [0.2, 0.25) is 0 Å². The topological polar surface area (TPSA) is 62.3 Å². The summed E-state index contributed by atoms with van der Waals surface area (Å²) in [5.74, 6) is -0.139. The smallest absolute Gasteiger partial charge is 0.265 e. The lowest BCUT2D eigenvalue weighted by atomic mass is 10.0. The van der Waals surface area contributed by atoms with E-state index in [1.807, 2.05) is 32.0 Å². The second-order valence-corrected chi connectivity index (χ2v) is 6.83. The van der Waals surface area contributed by atoms with Crippen molar-refractivity contribution in [2.24, 2.45) is 0 Å². The molecule has 3 rings (SSSR count). The molecule has 8 heteroatoms. The summed E-state index contributed by atoms with van der Waals surface area (Å²) in [6.45, 7) is 7.50. The van der Waals surface area contributed by atoms with Gasteiger partial charge in [0.15, 0.2) is 5.11 Å². The van der Waals surface area contributed by atoms with Crippen LogP contribution in [0.4, 0.5) is 5.69 Å². The van der Waals surface area contributed by atoms with Crippen LogP contribution in [0.15, 0.2) is 23.8 Å². The van der Waals surface area contributed by atoms with Gasteiger partial charge in [-0.1, -0.05) is 0 Å². The van der Waals surface area contributed by atoms with Crippen LogP contribution in [0.25, 0.3) is 6.08 Å². The number of anilines is 1. The third kappa shape index (κ3) is 3.74. The van der Waals surface area contributed by atoms with Crippen LogP contribution < -0.4 is 9.64 Å². The van der Waals surface area contributed by atoms with Crippen LogP contribution >= 0.6 is 12.2 Å². The Labute approximate surface area is 170 Å². The maximum absolute atomic E-state index is 12.8. The first-order chi connectivity index (χ1) is 13.5. The first kappa shape index (κ1) is 20.3. The van der Waals surface area contributed by atoms with Crippen LogP contribution in [-0.4, -0.2) is 73.2 Å². The first-order valence-corrected chi connectivity index (χ1v) is 9.82. The van der Waals surface area contributed by atoms with Gasteiger partial charge in [0.25, 0.3) is 11.8 Å². The summed E-state index contributed by atoms with van der Waals surface area (Å²) < 4.78 is 10.9. The van der Waals surface area contributed by atoms with Gasteiger partial charge in [0.05, 0.1) is 20.3 Å². The third-order valence-corrected chi connectivity index (χ3v) is 5.38. The summed E-state index contributed by atoms with van der Waals surface area (Å²) >= 11 is 5.30. The standard InChI is InChI=1S/C20H25N3O4S/c1-4-22-18(24)16(19(25)23(5-2)20(22)28)12-14-6-7-15(13-17(14)26-3)21-8-10-27-11-9-21/h6-7,12-13H,4-5,8-11H2,1-3H3. The van der Waals surface area contributed by atoms with E-state index in [1.165, 1.54) is 9.80 Å². The van der Waals surface area contributed by atoms with Crippen LogP contribution in [-0.2, 0) is 14.3 Å². The Morgan fingerprint density at radius 2 is 1.71 bits per heavy atom. The SMILES string of the molecule is CCN1C(=O)C(=Cc2ccc(N3CCOCC3)cc2OC)C(=O)N(CC)C1=S. The highest BCUT2D eigenvalue weighted by atomic mass is 32.1. The number of carbonyl (C=O) groups excluding carboxylic acids is 2. The Morgan fingerprint density at radius 1 is 1.11 bits per heavy atom. The zero-order valence-corrected chi connectivity index (χ0v) is 17.3. The molecule has 28 heavy (non-hydrogen) atoms. The van der Waals surface area contributed by atoms with Crippen molar-refractivity contribution in [3.05, 3.63) is 29.3 Å². The van der Waals surface area contributed by atoms with Gasteiger partial charge < -0.3 is 14.4 Å². The summed E-state index contributed by atoms with van der Waals surface area (Å²) in [5.41, 5.74) is 1.79. The average molecular weight is 404 g/mol. The largest absolute Gasteiger partial charge is 0.496 e. The molecule has 0 atom stereocenters. The molecule has 0 spiro atoms. The predicted octanol–water partition coefficient (Wildman–Crippen LogP) is 1.91. The molecule has 7 nitrogen and oxygen atoms in total. The third-order valence-electron chi connectivity index (χ3n) is 4.94. The molecule has 2 fully saturated rings. The minimum atomic E-state index is -0.374. The van der Waals surface area contributed by atoms with Gasteiger partial charge in [-0.3, -0.25) is 19.4 Å². The Morgan fingerprint density at radius 3 is 2.25 bits per heavy atom. The summed E-state index contributed by atoms with van der Waals surface area (Å²) in [7, 11) is 1.58. The van der Waals surface area contributed by atoms with Crippen molar-refractivity contribution in [3.63, 3.8) is 0 Å². The van der Waals surface area contributed by atoms with Gasteiger partial charge in [0.1, 0.15) is 11.3 Å². The van der Waals surface area contributed by atoms with Crippen molar-refractivity contribution < 1.29 is 19.1 Å². The molecule has 2 saturated heterocycles. The van der Waals surface area contributed by atoms with Gasteiger partial charge in [-0.15, -0.1) is 0 Å². The van der Waals surface area contributed by atoms with Crippen molar-refractivity contribution in [1.29, 1.82) is 0 Å². The second-order valence-electron chi connectivity index (χ2n) is 6.47. The van der Waals surface area contributed by atoms with Crippen molar-refractivity contribution in [2.75, 3.05) is 51.4 Å². The van der Waals surface area contributed by atoms with Crippen LogP contribution in [0.3, 0.4) is 0 Å². The minimum absolute atomic E-state index is 0.0923. The van der Waals surface area contributed by atoms with Gasteiger partial charge in [-0.2, -0.15) is 0 Å². The van der Waals surface area contributed by atoms with Crippen LogP contribution in [0.5, 0.6) is 5.75 Å². The molecule has 0 N–H and O–H groups in total. The molecule has 0 radical (unpaired) electrons. The number of nitrogens with zero attached hydrogens (tertiary/aromatic N) is 3. The number of hydrogen-bond acceptors (Lipinski definition) is 6. The van der Waals surface area contributed by atoms with E-state index in [0.29, 0.717) is 37.6 Å². The van der Waals surface area contributed by atoms with E-state index in [2.05, 4.69) is 4.90 Å². The summed E-state index contributed by atoms with van der Waals surface area (Å²) in [4.78, 5) is 30.7. The lowest BCUT2D eigenvalue weighted by molar-refractivity contribution is -0.133. The summed E-state index contributed by atoms with van der Waals surface area (Å²) in [6, 6.07) is 5.77. The molecule has 0 aromatic heterocycles. The number of likely N-dealkylation sites (N-methyl/N-ethyl adjacent to an activating group) is 2. The zero-order valence-electron chi connectivity index (χ0n) is 16.4.